The second kappa shape index (κ2) is 7.30. The van der Waals surface area contributed by atoms with E-state index >= 15 is 0 Å². The van der Waals surface area contributed by atoms with Gasteiger partial charge in [0.05, 0.1) is 14.2 Å². The zero-order valence-electron chi connectivity index (χ0n) is 13.0. The molecule has 0 amide bonds. The van der Waals surface area contributed by atoms with Gasteiger partial charge in [0, 0.05) is 18.7 Å². The Hall–Kier alpha value is -1.31. The molecule has 22 heavy (non-hydrogen) atoms. The summed E-state index contributed by atoms with van der Waals surface area (Å²) in [5.74, 6) is 1.05. The SMILES string of the molecule is COc1ccc(OC)c(S(=O)(=O)NC(CN)C2CCCC2)c1. The van der Waals surface area contributed by atoms with Crippen LogP contribution in [0.3, 0.4) is 0 Å². The van der Waals surface area contributed by atoms with Gasteiger partial charge < -0.3 is 15.2 Å². The van der Waals surface area contributed by atoms with Crippen LogP contribution in [0.25, 0.3) is 0 Å². The van der Waals surface area contributed by atoms with Gasteiger partial charge in [-0.15, -0.1) is 0 Å². The molecule has 0 radical (unpaired) electrons. The molecule has 6 nitrogen and oxygen atoms in total. The number of sulfonamides is 1. The first-order chi connectivity index (χ1) is 10.5. The highest BCUT2D eigenvalue weighted by Crippen LogP contribution is 2.31. The van der Waals surface area contributed by atoms with Gasteiger partial charge in [-0.3, -0.25) is 0 Å². The molecule has 0 heterocycles. The molecule has 1 saturated carbocycles. The van der Waals surface area contributed by atoms with Crippen molar-refractivity contribution in [2.24, 2.45) is 11.7 Å². The minimum absolute atomic E-state index is 0.0748. The van der Waals surface area contributed by atoms with Crippen LogP contribution in [0.1, 0.15) is 25.7 Å². The Morgan fingerprint density at radius 3 is 2.50 bits per heavy atom. The summed E-state index contributed by atoms with van der Waals surface area (Å²) in [7, 11) is -0.784. The minimum atomic E-state index is -3.72. The van der Waals surface area contributed by atoms with E-state index in [2.05, 4.69) is 4.72 Å². The van der Waals surface area contributed by atoms with Gasteiger partial charge in [-0.2, -0.15) is 0 Å². The van der Waals surface area contributed by atoms with Crippen LogP contribution in [-0.2, 0) is 10.0 Å². The molecule has 0 bridgehead atoms. The quantitative estimate of drug-likeness (QED) is 0.791. The highest BCUT2D eigenvalue weighted by atomic mass is 32.2. The van der Waals surface area contributed by atoms with E-state index in [9.17, 15) is 8.42 Å². The number of hydrogen-bond donors (Lipinski definition) is 2. The van der Waals surface area contributed by atoms with Gasteiger partial charge in [0.25, 0.3) is 0 Å². The number of rotatable bonds is 7. The Bertz CT molecular complexity index is 598. The summed E-state index contributed by atoms with van der Waals surface area (Å²) >= 11 is 0. The molecule has 0 aliphatic heterocycles. The highest BCUT2D eigenvalue weighted by Gasteiger charge is 2.30. The summed E-state index contributed by atoms with van der Waals surface area (Å²) in [6.07, 6.45) is 4.29. The first-order valence-electron chi connectivity index (χ1n) is 7.46. The maximum Gasteiger partial charge on any atom is 0.244 e. The van der Waals surface area contributed by atoms with E-state index < -0.39 is 10.0 Å². The number of nitrogens with two attached hydrogens (primary N) is 1. The predicted molar refractivity (Wildman–Crippen MR) is 84.7 cm³/mol. The monoisotopic (exact) mass is 328 g/mol. The third-order valence-corrected chi connectivity index (χ3v) is 5.70. The summed E-state index contributed by atoms with van der Waals surface area (Å²) in [5.41, 5.74) is 5.78. The van der Waals surface area contributed by atoms with Gasteiger partial charge in [-0.05, 0) is 30.9 Å². The number of benzene rings is 1. The molecule has 1 unspecified atom stereocenters. The van der Waals surface area contributed by atoms with Crippen molar-refractivity contribution in [3.05, 3.63) is 18.2 Å². The average Bonchev–Trinajstić information content (AvgIpc) is 3.06. The maximum absolute atomic E-state index is 12.7. The van der Waals surface area contributed by atoms with E-state index in [1.165, 1.54) is 20.3 Å². The Morgan fingerprint density at radius 1 is 1.27 bits per heavy atom. The number of nitrogens with one attached hydrogen (secondary N) is 1. The molecule has 0 spiro atoms. The summed E-state index contributed by atoms with van der Waals surface area (Å²) in [6.45, 7) is 0.288. The molecule has 1 atom stereocenters. The predicted octanol–water partition coefficient (Wildman–Crippen LogP) is 1.50. The highest BCUT2D eigenvalue weighted by molar-refractivity contribution is 7.89. The van der Waals surface area contributed by atoms with Crippen molar-refractivity contribution in [1.29, 1.82) is 0 Å². The lowest BCUT2D eigenvalue weighted by Crippen LogP contribution is -2.44. The second-order valence-electron chi connectivity index (χ2n) is 5.52. The van der Waals surface area contributed by atoms with E-state index in [-0.39, 0.29) is 23.2 Å². The van der Waals surface area contributed by atoms with Crippen molar-refractivity contribution in [1.82, 2.24) is 4.72 Å². The largest absolute Gasteiger partial charge is 0.497 e. The molecule has 1 fully saturated rings. The summed E-state index contributed by atoms with van der Waals surface area (Å²) in [6, 6.07) is 4.46. The van der Waals surface area contributed by atoms with Gasteiger partial charge in [-0.25, -0.2) is 13.1 Å². The molecule has 1 aliphatic rings. The summed E-state index contributed by atoms with van der Waals surface area (Å²) < 4.78 is 38.4. The molecular formula is C15H24N2O4S. The van der Waals surface area contributed by atoms with Crippen LogP contribution < -0.4 is 19.9 Å². The molecule has 3 N–H and O–H groups in total. The Morgan fingerprint density at radius 2 is 1.95 bits per heavy atom. The van der Waals surface area contributed by atoms with Gasteiger partial charge in [0.15, 0.2) is 0 Å². The second-order valence-corrected chi connectivity index (χ2v) is 7.21. The molecule has 7 heteroatoms. The zero-order chi connectivity index (χ0) is 16.2. The number of ether oxygens (including phenoxy) is 2. The third kappa shape index (κ3) is 3.71. The first-order valence-corrected chi connectivity index (χ1v) is 8.94. The molecule has 0 aromatic heterocycles. The van der Waals surface area contributed by atoms with Crippen molar-refractivity contribution in [2.45, 2.75) is 36.6 Å². The summed E-state index contributed by atoms with van der Waals surface area (Å²) in [4.78, 5) is 0.0748. The van der Waals surface area contributed by atoms with Crippen molar-refractivity contribution >= 4 is 10.0 Å². The van der Waals surface area contributed by atoms with E-state index in [4.69, 9.17) is 15.2 Å². The van der Waals surface area contributed by atoms with Gasteiger partial charge >= 0.3 is 0 Å². The topological polar surface area (TPSA) is 90.6 Å². The van der Waals surface area contributed by atoms with Crippen LogP contribution in [0, 0.1) is 5.92 Å². The van der Waals surface area contributed by atoms with E-state index in [0.717, 1.165) is 25.7 Å². The van der Waals surface area contributed by atoms with Gasteiger partial charge in [0.2, 0.25) is 10.0 Å². The number of methoxy groups -OCH3 is 2. The van der Waals surface area contributed by atoms with Crippen LogP contribution in [0.5, 0.6) is 11.5 Å². The Kier molecular flexibility index (Phi) is 5.66. The van der Waals surface area contributed by atoms with E-state index in [1.54, 1.807) is 12.1 Å². The van der Waals surface area contributed by atoms with Crippen LogP contribution in [0.15, 0.2) is 23.1 Å². The lowest BCUT2D eigenvalue weighted by molar-refractivity contribution is 0.387. The van der Waals surface area contributed by atoms with Gasteiger partial charge in [-0.1, -0.05) is 12.8 Å². The Labute approximate surface area is 132 Å². The van der Waals surface area contributed by atoms with Crippen LogP contribution in [-0.4, -0.2) is 35.2 Å². The lowest BCUT2D eigenvalue weighted by atomic mass is 9.99. The van der Waals surface area contributed by atoms with Gasteiger partial charge in [0.1, 0.15) is 16.4 Å². The fourth-order valence-electron chi connectivity index (χ4n) is 2.95. The van der Waals surface area contributed by atoms with Crippen molar-refractivity contribution < 1.29 is 17.9 Å². The van der Waals surface area contributed by atoms with Crippen LogP contribution >= 0.6 is 0 Å². The standard InChI is InChI=1S/C15H24N2O4S/c1-20-12-7-8-14(21-2)15(9-12)22(18,19)17-13(10-16)11-5-3-4-6-11/h7-9,11,13,17H,3-6,10,16H2,1-2H3. The van der Waals surface area contributed by atoms with Crippen LogP contribution in [0.2, 0.25) is 0 Å². The summed E-state index contributed by atoms with van der Waals surface area (Å²) in [5, 5.41) is 0. The van der Waals surface area contributed by atoms with Crippen LogP contribution in [0.4, 0.5) is 0 Å². The third-order valence-electron chi connectivity index (χ3n) is 4.19. The smallest absolute Gasteiger partial charge is 0.244 e. The van der Waals surface area contributed by atoms with Crippen molar-refractivity contribution in [2.75, 3.05) is 20.8 Å². The Balaban J connectivity index is 2.28. The molecule has 2 rings (SSSR count). The molecule has 1 aromatic rings. The van der Waals surface area contributed by atoms with E-state index in [0.29, 0.717) is 11.7 Å². The normalized spacial score (nSPS) is 17.4. The molecule has 1 aromatic carbocycles. The molecule has 124 valence electrons. The molecule has 1 aliphatic carbocycles. The van der Waals surface area contributed by atoms with Crippen molar-refractivity contribution in [3.8, 4) is 11.5 Å². The maximum atomic E-state index is 12.7. The van der Waals surface area contributed by atoms with Crippen molar-refractivity contribution in [3.63, 3.8) is 0 Å². The number of hydrogen-bond acceptors (Lipinski definition) is 5. The molecule has 0 saturated heterocycles. The lowest BCUT2D eigenvalue weighted by Gasteiger charge is -2.23. The average molecular weight is 328 g/mol. The van der Waals surface area contributed by atoms with E-state index in [1.807, 2.05) is 0 Å². The fraction of sp³-hybridized carbons (Fsp3) is 0.600. The fourth-order valence-corrected chi connectivity index (χ4v) is 4.46. The minimum Gasteiger partial charge on any atom is -0.497 e. The molecular weight excluding hydrogens is 304 g/mol. The first kappa shape index (κ1) is 17.1. The zero-order valence-corrected chi connectivity index (χ0v) is 13.9.